The fraction of sp³-hybridized carbons (Fsp3) is 0.625. The third kappa shape index (κ3) is 2.25. The molecule has 2 aliphatic rings. The van der Waals surface area contributed by atoms with Crippen LogP contribution in [0.25, 0.3) is 0 Å². The summed E-state index contributed by atoms with van der Waals surface area (Å²) in [5, 5.41) is 0. The maximum Gasteiger partial charge on any atom is 0.0213 e. The van der Waals surface area contributed by atoms with Gasteiger partial charge in [0.2, 0.25) is 0 Å². The molecule has 1 nitrogen and oxygen atoms in total. The van der Waals surface area contributed by atoms with Crippen LogP contribution in [0.3, 0.4) is 0 Å². The van der Waals surface area contributed by atoms with Gasteiger partial charge in [0.05, 0.1) is 0 Å². The van der Waals surface area contributed by atoms with Crippen molar-refractivity contribution in [1.82, 2.24) is 0 Å². The highest BCUT2D eigenvalue weighted by Gasteiger charge is 2.43. The first-order valence-corrected chi connectivity index (χ1v) is 8.04. The van der Waals surface area contributed by atoms with Crippen LogP contribution in [0.2, 0.25) is 0 Å². The Labute approximate surface area is 118 Å². The van der Waals surface area contributed by atoms with Crippen molar-refractivity contribution in [2.24, 2.45) is 5.73 Å². The summed E-state index contributed by atoms with van der Waals surface area (Å²) in [6, 6.07) is 7.02. The first-order valence-electron chi connectivity index (χ1n) is 7.25. The Morgan fingerprint density at radius 2 is 1.89 bits per heavy atom. The zero-order valence-corrected chi connectivity index (χ0v) is 12.5. The highest BCUT2D eigenvalue weighted by atomic mass is 79.9. The third-order valence-corrected chi connectivity index (χ3v) is 5.59. The van der Waals surface area contributed by atoms with E-state index in [-0.39, 0.29) is 0 Å². The summed E-state index contributed by atoms with van der Waals surface area (Å²) in [5.41, 5.74) is 9.19. The Balaban J connectivity index is 1.84. The Morgan fingerprint density at radius 1 is 1.17 bits per heavy atom. The van der Waals surface area contributed by atoms with Gasteiger partial charge in [0.15, 0.2) is 0 Å². The standard InChI is InChI=1S/C16H22BrN/c17-15-10-13(16(11-18)8-9-16)6-7-14(15)12-4-2-1-3-5-12/h6-7,10,12H,1-5,8-9,11,18H2. The summed E-state index contributed by atoms with van der Waals surface area (Å²) in [6.45, 7) is 0.794. The number of benzene rings is 1. The summed E-state index contributed by atoms with van der Waals surface area (Å²) < 4.78 is 1.31. The van der Waals surface area contributed by atoms with Crippen LogP contribution in [-0.4, -0.2) is 6.54 Å². The topological polar surface area (TPSA) is 26.0 Å². The molecule has 0 unspecified atom stereocenters. The molecule has 0 radical (unpaired) electrons. The van der Waals surface area contributed by atoms with Crippen molar-refractivity contribution in [3.63, 3.8) is 0 Å². The Hall–Kier alpha value is -0.340. The molecule has 0 heterocycles. The number of nitrogens with two attached hydrogens (primary N) is 1. The average Bonchev–Trinajstić information content (AvgIpc) is 3.21. The van der Waals surface area contributed by atoms with Crippen molar-refractivity contribution in [1.29, 1.82) is 0 Å². The summed E-state index contributed by atoms with van der Waals surface area (Å²) >= 11 is 3.79. The fourth-order valence-corrected chi connectivity index (χ4v) is 4.07. The van der Waals surface area contributed by atoms with Gasteiger partial charge in [-0.3, -0.25) is 0 Å². The van der Waals surface area contributed by atoms with Gasteiger partial charge in [0, 0.05) is 16.4 Å². The van der Waals surface area contributed by atoms with Gasteiger partial charge in [0.25, 0.3) is 0 Å². The van der Waals surface area contributed by atoms with E-state index in [1.807, 2.05) is 0 Å². The van der Waals surface area contributed by atoms with E-state index in [4.69, 9.17) is 5.73 Å². The lowest BCUT2D eigenvalue weighted by atomic mass is 9.83. The molecule has 0 atom stereocenters. The van der Waals surface area contributed by atoms with E-state index in [1.165, 1.54) is 60.5 Å². The number of rotatable bonds is 3. The molecule has 2 N–H and O–H groups in total. The van der Waals surface area contributed by atoms with E-state index in [0.717, 1.165) is 12.5 Å². The molecular weight excluding hydrogens is 286 g/mol. The van der Waals surface area contributed by atoms with Gasteiger partial charge >= 0.3 is 0 Å². The molecule has 2 aliphatic carbocycles. The van der Waals surface area contributed by atoms with E-state index in [2.05, 4.69) is 34.1 Å². The number of hydrogen-bond donors (Lipinski definition) is 1. The van der Waals surface area contributed by atoms with E-state index in [9.17, 15) is 0 Å². The van der Waals surface area contributed by atoms with E-state index in [1.54, 1.807) is 0 Å². The molecule has 0 saturated heterocycles. The monoisotopic (exact) mass is 307 g/mol. The Kier molecular flexibility index (Phi) is 3.50. The van der Waals surface area contributed by atoms with Crippen LogP contribution in [0.4, 0.5) is 0 Å². The predicted octanol–water partition coefficient (Wildman–Crippen LogP) is 4.49. The van der Waals surface area contributed by atoms with Crippen LogP contribution in [-0.2, 0) is 5.41 Å². The van der Waals surface area contributed by atoms with Gasteiger partial charge in [-0.15, -0.1) is 0 Å². The molecule has 98 valence electrons. The van der Waals surface area contributed by atoms with E-state index >= 15 is 0 Å². The Morgan fingerprint density at radius 3 is 2.44 bits per heavy atom. The lowest BCUT2D eigenvalue weighted by Crippen LogP contribution is -2.19. The normalized spacial score (nSPS) is 23.0. The summed E-state index contributed by atoms with van der Waals surface area (Å²) in [6.07, 6.45) is 9.46. The second-order valence-corrected chi connectivity index (χ2v) is 6.91. The first-order chi connectivity index (χ1) is 8.75. The van der Waals surface area contributed by atoms with Crippen molar-refractivity contribution in [2.45, 2.75) is 56.3 Å². The smallest absolute Gasteiger partial charge is 0.0213 e. The summed E-state index contributed by atoms with van der Waals surface area (Å²) in [7, 11) is 0. The highest BCUT2D eigenvalue weighted by molar-refractivity contribution is 9.10. The van der Waals surface area contributed by atoms with Gasteiger partial charge in [-0.25, -0.2) is 0 Å². The molecular formula is C16H22BrN. The van der Waals surface area contributed by atoms with Crippen LogP contribution in [0.1, 0.15) is 62.0 Å². The van der Waals surface area contributed by atoms with Crippen LogP contribution >= 0.6 is 15.9 Å². The van der Waals surface area contributed by atoms with Gasteiger partial charge < -0.3 is 5.73 Å². The van der Waals surface area contributed by atoms with Crippen molar-refractivity contribution in [3.05, 3.63) is 33.8 Å². The zero-order valence-electron chi connectivity index (χ0n) is 10.9. The van der Waals surface area contributed by atoms with Crippen molar-refractivity contribution < 1.29 is 0 Å². The summed E-state index contributed by atoms with van der Waals surface area (Å²) in [5.74, 6) is 0.773. The summed E-state index contributed by atoms with van der Waals surface area (Å²) in [4.78, 5) is 0. The van der Waals surface area contributed by atoms with Crippen LogP contribution in [0, 0.1) is 0 Å². The largest absolute Gasteiger partial charge is 0.330 e. The molecule has 2 heteroatoms. The quantitative estimate of drug-likeness (QED) is 0.875. The molecule has 0 bridgehead atoms. The van der Waals surface area contributed by atoms with Gasteiger partial charge in [-0.2, -0.15) is 0 Å². The molecule has 3 rings (SSSR count). The predicted molar refractivity (Wildman–Crippen MR) is 79.9 cm³/mol. The minimum atomic E-state index is 0.313. The average molecular weight is 308 g/mol. The molecule has 0 amide bonds. The SMILES string of the molecule is NCC1(c2ccc(C3CCCCC3)c(Br)c2)CC1. The molecule has 0 aliphatic heterocycles. The van der Waals surface area contributed by atoms with Gasteiger partial charge in [-0.1, -0.05) is 47.3 Å². The maximum atomic E-state index is 5.92. The molecule has 1 aromatic carbocycles. The fourth-order valence-electron chi connectivity index (χ4n) is 3.36. The molecule has 2 fully saturated rings. The van der Waals surface area contributed by atoms with Gasteiger partial charge in [0.1, 0.15) is 0 Å². The third-order valence-electron chi connectivity index (χ3n) is 4.90. The second kappa shape index (κ2) is 4.97. The van der Waals surface area contributed by atoms with Crippen LogP contribution < -0.4 is 5.73 Å². The lowest BCUT2D eigenvalue weighted by Gasteiger charge is -2.24. The van der Waals surface area contributed by atoms with Crippen molar-refractivity contribution >= 4 is 15.9 Å². The van der Waals surface area contributed by atoms with E-state index in [0.29, 0.717) is 5.41 Å². The minimum absolute atomic E-state index is 0.313. The Bertz CT molecular complexity index is 431. The second-order valence-electron chi connectivity index (χ2n) is 6.06. The molecule has 1 aromatic rings. The molecule has 0 aromatic heterocycles. The first kappa shape index (κ1) is 12.7. The van der Waals surface area contributed by atoms with Gasteiger partial charge in [-0.05, 0) is 48.8 Å². The van der Waals surface area contributed by atoms with E-state index < -0.39 is 0 Å². The minimum Gasteiger partial charge on any atom is -0.330 e. The zero-order chi connectivity index (χ0) is 12.6. The van der Waals surface area contributed by atoms with Crippen molar-refractivity contribution in [3.8, 4) is 0 Å². The molecule has 18 heavy (non-hydrogen) atoms. The lowest BCUT2D eigenvalue weighted by molar-refractivity contribution is 0.442. The number of halogens is 1. The van der Waals surface area contributed by atoms with Crippen molar-refractivity contribution in [2.75, 3.05) is 6.54 Å². The van der Waals surface area contributed by atoms with Crippen LogP contribution in [0.5, 0.6) is 0 Å². The van der Waals surface area contributed by atoms with Crippen LogP contribution in [0.15, 0.2) is 22.7 Å². The number of hydrogen-bond acceptors (Lipinski definition) is 1. The molecule has 0 spiro atoms. The molecule has 2 saturated carbocycles. The highest BCUT2D eigenvalue weighted by Crippen LogP contribution is 2.48. The maximum absolute atomic E-state index is 5.92.